The van der Waals surface area contributed by atoms with E-state index in [0.717, 1.165) is 39.3 Å². The summed E-state index contributed by atoms with van der Waals surface area (Å²) in [4.78, 5) is 18.1. The molecule has 2 heterocycles. The molecule has 4 rings (SSSR count). The Morgan fingerprint density at radius 3 is 2.81 bits per heavy atom. The van der Waals surface area contributed by atoms with Gasteiger partial charge in [-0.25, -0.2) is 0 Å². The zero-order chi connectivity index (χ0) is 18.1. The number of likely N-dealkylation sites (tertiary alicyclic amines) is 1. The quantitative estimate of drug-likeness (QED) is 0.680. The Balaban J connectivity index is 1.85. The fraction of sp³-hybridized carbons (Fsp3) is 0.238. The number of carbonyl (C=O) groups is 1. The number of aromatic nitrogens is 1. The van der Waals surface area contributed by atoms with Crippen LogP contribution in [-0.4, -0.2) is 33.5 Å². The van der Waals surface area contributed by atoms with Crippen LogP contribution in [-0.2, 0) is 4.79 Å². The maximum Gasteiger partial charge on any atom is 0.320 e. The Morgan fingerprint density at radius 1 is 1.15 bits per heavy atom. The van der Waals surface area contributed by atoms with Crippen molar-refractivity contribution >= 4 is 32.7 Å². The number of aliphatic carboxylic acids is 1. The van der Waals surface area contributed by atoms with E-state index < -0.39 is 12.0 Å². The van der Waals surface area contributed by atoms with Gasteiger partial charge in [-0.3, -0.25) is 14.7 Å². The van der Waals surface area contributed by atoms with Gasteiger partial charge < -0.3 is 5.11 Å². The average Bonchev–Trinajstić information content (AvgIpc) is 3.11. The minimum absolute atomic E-state index is 0.0892. The van der Waals surface area contributed by atoms with Crippen molar-refractivity contribution in [3.8, 4) is 0 Å². The summed E-state index contributed by atoms with van der Waals surface area (Å²) in [5.41, 5.74) is 2.20. The van der Waals surface area contributed by atoms with Crippen LogP contribution in [0.4, 0.5) is 0 Å². The summed E-state index contributed by atoms with van der Waals surface area (Å²) in [6, 6.07) is 15.9. The first-order chi connectivity index (χ1) is 12.6. The zero-order valence-electron chi connectivity index (χ0n) is 14.2. The van der Waals surface area contributed by atoms with Crippen LogP contribution in [0.2, 0.25) is 0 Å². The fourth-order valence-electron chi connectivity index (χ4n) is 3.89. The molecule has 0 saturated carbocycles. The zero-order valence-corrected chi connectivity index (χ0v) is 15.8. The first-order valence-electron chi connectivity index (χ1n) is 8.71. The second-order valence-corrected chi connectivity index (χ2v) is 7.59. The van der Waals surface area contributed by atoms with E-state index in [-0.39, 0.29) is 6.04 Å². The first kappa shape index (κ1) is 17.2. The standard InChI is InChI=1S/C21H19BrN2O2/c22-18-4-1-3-15(12-18)20(24-10-2-5-19(24)21(25)26)16-6-7-17-13-23-9-8-14(17)11-16/h1,3-4,6-9,11-13,19-20H,2,5,10H2,(H,25,26). The van der Waals surface area contributed by atoms with Crippen LogP contribution in [0.3, 0.4) is 0 Å². The third kappa shape index (κ3) is 3.24. The molecule has 4 nitrogen and oxygen atoms in total. The predicted molar refractivity (Wildman–Crippen MR) is 105 cm³/mol. The lowest BCUT2D eigenvalue weighted by atomic mass is 9.94. The molecule has 0 spiro atoms. The normalized spacial score (nSPS) is 18.9. The Morgan fingerprint density at radius 2 is 2.00 bits per heavy atom. The molecular weight excluding hydrogens is 392 g/mol. The summed E-state index contributed by atoms with van der Waals surface area (Å²) in [5, 5.41) is 11.9. The summed E-state index contributed by atoms with van der Waals surface area (Å²) >= 11 is 3.55. The highest BCUT2D eigenvalue weighted by molar-refractivity contribution is 9.10. The Kier molecular flexibility index (Phi) is 4.74. The van der Waals surface area contributed by atoms with E-state index in [2.05, 4.69) is 56.1 Å². The van der Waals surface area contributed by atoms with E-state index in [1.807, 2.05) is 24.4 Å². The largest absolute Gasteiger partial charge is 0.480 e. The van der Waals surface area contributed by atoms with E-state index in [1.54, 1.807) is 6.20 Å². The molecule has 0 amide bonds. The van der Waals surface area contributed by atoms with Crippen molar-refractivity contribution in [1.29, 1.82) is 0 Å². The second kappa shape index (κ2) is 7.17. The smallest absolute Gasteiger partial charge is 0.320 e. The van der Waals surface area contributed by atoms with Crippen LogP contribution in [0.5, 0.6) is 0 Å². The van der Waals surface area contributed by atoms with Crippen molar-refractivity contribution in [2.75, 3.05) is 6.54 Å². The summed E-state index contributed by atoms with van der Waals surface area (Å²) < 4.78 is 0.996. The number of halogens is 1. The molecule has 0 aliphatic carbocycles. The van der Waals surface area contributed by atoms with Crippen LogP contribution in [0.15, 0.2) is 65.4 Å². The van der Waals surface area contributed by atoms with E-state index >= 15 is 0 Å². The van der Waals surface area contributed by atoms with Gasteiger partial charge in [-0.15, -0.1) is 0 Å². The van der Waals surface area contributed by atoms with Crippen LogP contribution in [0.1, 0.15) is 30.0 Å². The maximum absolute atomic E-state index is 11.8. The van der Waals surface area contributed by atoms with Gasteiger partial charge in [0.05, 0.1) is 6.04 Å². The number of fused-ring (bicyclic) bond motifs is 1. The topological polar surface area (TPSA) is 53.4 Å². The maximum atomic E-state index is 11.8. The lowest BCUT2D eigenvalue weighted by Gasteiger charge is -2.32. The molecule has 1 aromatic heterocycles. The first-order valence-corrected chi connectivity index (χ1v) is 9.50. The predicted octanol–water partition coefficient (Wildman–Crippen LogP) is 4.64. The van der Waals surface area contributed by atoms with Crippen molar-refractivity contribution in [3.63, 3.8) is 0 Å². The molecule has 26 heavy (non-hydrogen) atoms. The van der Waals surface area contributed by atoms with Gasteiger partial charge in [-0.2, -0.15) is 0 Å². The van der Waals surface area contributed by atoms with E-state index in [1.165, 1.54) is 0 Å². The van der Waals surface area contributed by atoms with Gasteiger partial charge in [-0.05, 0) is 53.6 Å². The molecular formula is C21H19BrN2O2. The van der Waals surface area contributed by atoms with Crippen molar-refractivity contribution in [1.82, 2.24) is 9.88 Å². The van der Waals surface area contributed by atoms with E-state index in [4.69, 9.17) is 0 Å². The molecule has 1 fully saturated rings. The molecule has 0 bridgehead atoms. The highest BCUT2D eigenvalue weighted by Crippen LogP contribution is 2.36. The number of benzene rings is 2. The van der Waals surface area contributed by atoms with Gasteiger partial charge in [0.1, 0.15) is 6.04 Å². The minimum atomic E-state index is -0.743. The third-order valence-corrected chi connectivity index (χ3v) is 5.55. The summed E-state index contributed by atoms with van der Waals surface area (Å²) in [6.07, 6.45) is 5.23. The third-order valence-electron chi connectivity index (χ3n) is 5.06. The Hall–Kier alpha value is -2.24. The van der Waals surface area contributed by atoms with Crippen LogP contribution in [0, 0.1) is 0 Å². The number of hydrogen-bond donors (Lipinski definition) is 1. The highest BCUT2D eigenvalue weighted by atomic mass is 79.9. The lowest BCUT2D eigenvalue weighted by molar-refractivity contribution is -0.142. The van der Waals surface area contributed by atoms with Gasteiger partial charge in [0.25, 0.3) is 0 Å². The molecule has 2 unspecified atom stereocenters. The van der Waals surface area contributed by atoms with E-state index in [9.17, 15) is 9.90 Å². The lowest BCUT2D eigenvalue weighted by Crippen LogP contribution is -2.39. The molecule has 0 radical (unpaired) electrons. The van der Waals surface area contributed by atoms with Crippen molar-refractivity contribution in [2.45, 2.75) is 24.9 Å². The van der Waals surface area contributed by atoms with Gasteiger partial charge in [0.2, 0.25) is 0 Å². The summed E-state index contributed by atoms with van der Waals surface area (Å²) in [6.45, 7) is 0.780. The molecule has 1 N–H and O–H groups in total. The van der Waals surface area contributed by atoms with E-state index in [0.29, 0.717) is 6.42 Å². The number of carboxylic acids is 1. The minimum Gasteiger partial charge on any atom is -0.480 e. The van der Waals surface area contributed by atoms with Gasteiger partial charge in [0, 0.05) is 28.8 Å². The number of pyridine rings is 1. The van der Waals surface area contributed by atoms with Gasteiger partial charge >= 0.3 is 5.97 Å². The van der Waals surface area contributed by atoms with Gasteiger partial charge in [-0.1, -0.05) is 40.2 Å². The monoisotopic (exact) mass is 410 g/mol. The highest BCUT2D eigenvalue weighted by Gasteiger charge is 2.36. The molecule has 2 atom stereocenters. The van der Waals surface area contributed by atoms with Crippen molar-refractivity contribution in [3.05, 3.63) is 76.5 Å². The van der Waals surface area contributed by atoms with Crippen LogP contribution in [0.25, 0.3) is 10.8 Å². The van der Waals surface area contributed by atoms with Gasteiger partial charge in [0.15, 0.2) is 0 Å². The molecule has 1 aliphatic heterocycles. The number of carboxylic acid groups (broad SMARTS) is 1. The molecule has 1 aliphatic rings. The fourth-order valence-corrected chi connectivity index (χ4v) is 4.30. The Labute approximate surface area is 160 Å². The number of nitrogens with zero attached hydrogens (tertiary/aromatic N) is 2. The summed E-state index contributed by atoms with van der Waals surface area (Å²) in [5.74, 6) is -0.743. The number of hydrogen-bond acceptors (Lipinski definition) is 3. The Bertz CT molecular complexity index is 959. The van der Waals surface area contributed by atoms with Crippen LogP contribution < -0.4 is 0 Å². The molecule has 3 aromatic rings. The molecule has 1 saturated heterocycles. The van der Waals surface area contributed by atoms with Crippen molar-refractivity contribution in [2.24, 2.45) is 0 Å². The van der Waals surface area contributed by atoms with Crippen LogP contribution >= 0.6 is 15.9 Å². The molecule has 132 valence electrons. The van der Waals surface area contributed by atoms with Crippen molar-refractivity contribution < 1.29 is 9.90 Å². The SMILES string of the molecule is O=C(O)C1CCCN1C(c1cccc(Br)c1)c1ccc2cnccc2c1. The second-order valence-electron chi connectivity index (χ2n) is 6.67. The average molecular weight is 411 g/mol. The summed E-state index contributed by atoms with van der Waals surface area (Å²) in [7, 11) is 0. The molecule has 5 heteroatoms. The molecule has 2 aromatic carbocycles. The number of rotatable bonds is 4.